The van der Waals surface area contributed by atoms with E-state index in [4.69, 9.17) is 22.7 Å². The summed E-state index contributed by atoms with van der Waals surface area (Å²) in [6, 6.07) is 2.00. The van der Waals surface area contributed by atoms with Crippen LogP contribution in [0.1, 0.15) is 26.0 Å². The van der Waals surface area contributed by atoms with Gasteiger partial charge < -0.3 is 10.5 Å². The summed E-state index contributed by atoms with van der Waals surface area (Å²) in [6.45, 7) is 4.88. The van der Waals surface area contributed by atoms with Crippen LogP contribution >= 0.6 is 12.2 Å². The number of hydrogen-bond acceptors (Lipinski definition) is 4. The Balaban J connectivity index is 2.54. The number of nitrogens with zero attached hydrogens (tertiary/aromatic N) is 2. The van der Waals surface area contributed by atoms with Gasteiger partial charge in [-0.3, -0.25) is 0 Å². The van der Waals surface area contributed by atoms with Crippen LogP contribution in [0.5, 0.6) is 6.01 Å². The van der Waals surface area contributed by atoms with Crippen LogP contribution in [-0.2, 0) is 0 Å². The van der Waals surface area contributed by atoms with E-state index in [0.717, 1.165) is 6.42 Å². The number of rotatable bonds is 5. The number of aromatic nitrogens is 2. The van der Waals surface area contributed by atoms with Gasteiger partial charge in [0.2, 0.25) is 0 Å². The lowest BCUT2D eigenvalue weighted by atomic mass is 10.1. The third-order valence-electron chi connectivity index (χ3n) is 1.81. The van der Waals surface area contributed by atoms with Gasteiger partial charge >= 0.3 is 6.01 Å². The molecular formula is C10H15N3OS. The molecular weight excluding hydrogens is 210 g/mol. The second-order valence-electron chi connectivity index (χ2n) is 3.62. The van der Waals surface area contributed by atoms with Gasteiger partial charge in [0.05, 0.1) is 6.61 Å². The first-order valence-electron chi connectivity index (χ1n) is 4.85. The van der Waals surface area contributed by atoms with Crippen LogP contribution in [0.15, 0.2) is 12.3 Å². The predicted molar refractivity (Wildman–Crippen MR) is 62.9 cm³/mol. The zero-order valence-electron chi connectivity index (χ0n) is 8.93. The molecule has 15 heavy (non-hydrogen) atoms. The number of ether oxygens (including phenoxy) is 1. The first kappa shape index (κ1) is 11.8. The number of nitrogens with two attached hydrogens (primary N) is 1. The average molecular weight is 225 g/mol. The maximum absolute atomic E-state index is 5.45. The number of hydrogen-bond donors (Lipinski definition) is 1. The molecule has 1 heterocycles. The third kappa shape index (κ3) is 4.20. The molecule has 0 aromatic carbocycles. The molecule has 0 atom stereocenters. The molecule has 0 amide bonds. The van der Waals surface area contributed by atoms with Crippen LogP contribution in [0.25, 0.3) is 0 Å². The molecule has 0 aliphatic heterocycles. The molecule has 1 aromatic rings. The molecule has 5 heteroatoms. The lowest BCUT2D eigenvalue weighted by Gasteiger charge is -2.06. The van der Waals surface area contributed by atoms with Gasteiger partial charge in [0, 0.05) is 6.20 Å². The maximum atomic E-state index is 5.45. The van der Waals surface area contributed by atoms with Crippen LogP contribution in [0.3, 0.4) is 0 Å². The Hall–Kier alpha value is -1.23. The SMILES string of the molecule is CC(C)CCOc1nccc(C(N)=S)n1. The van der Waals surface area contributed by atoms with Crippen LogP contribution in [0.4, 0.5) is 0 Å². The molecule has 0 fully saturated rings. The first-order chi connectivity index (χ1) is 7.09. The van der Waals surface area contributed by atoms with Crippen LogP contribution < -0.4 is 10.5 Å². The summed E-state index contributed by atoms with van der Waals surface area (Å²) >= 11 is 4.81. The molecule has 0 unspecified atom stereocenters. The smallest absolute Gasteiger partial charge is 0.316 e. The third-order valence-corrected chi connectivity index (χ3v) is 2.02. The van der Waals surface area contributed by atoms with E-state index in [9.17, 15) is 0 Å². The topological polar surface area (TPSA) is 61.0 Å². The second kappa shape index (κ2) is 5.60. The first-order valence-corrected chi connectivity index (χ1v) is 5.26. The molecule has 2 N–H and O–H groups in total. The summed E-state index contributed by atoms with van der Waals surface area (Å²) in [5, 5.41) is 0. The van der Waals surface area contributed by atoms with Gasteiger partial charge in [-0.25, -0.2) is 4.98 Å². The Morgan fingerprint density at radius 2 is 2.33 bits per heavy atom. The van der Waals surface area contributed by atoms with Crippen molar-refractivity contribution in [2.24, 2.45) is 11.7 Å². The van der Waals surface area contributed by atoms with Gasteiger partial charge in [0.25, 0.3) is 0 Å². The molecule has 0 saturated heterocycles. The standard InChI is InChI=1S/C10H15N3OS/c1-7(2)4-6-14-10-12-5-3-8(13-10)9(11)15/h3,5,7H,4,6H2,1-2H3,(H2,11,15). The molecule has 82 valence electrons. The van der Waals surface area contributed by atoms with E-state index in [-0.39, 0.29) is 4.99 Å². The maximum Gasteiger partial charge on any atom is 0.316 e. The van der Waals surface area contributed by atoms with E-state index >= 15 is 0 Å². The van der Waals surface area contributed by atoms with Crippen molar-refractivity contribution >= 4 is 17.2 Å². The van der Waals surface area contributed by atoms with Crippen molar-refractivity contribution in [1.82, 2.24) is 9.97 Å². The molecule has 4 nitrogen and oxygen atoms in total. The Labute approximate surface area is 94.9 Å². The monoisotopic (exact) mass is 225 g/mol. The number of thiocarbonyl (C=S) groups is 1. The molecule has 0 bridgehead atoms. The van der Waals surface area contributed by atoms with Crippen LogP contribution in [-0.4, -0.2) is 21.6 Å². The summed E-state index contributed by atoms with van der Waals surface area (Å²) < 4.78 is 5.37. The molecule has 1 rings (SSSR count). The normalized spacial score (nSPS) is 10.3. The van der Waals surface area contributed by atoms with E-state index in [0.29, 0.717) is 24.2 Å². The molecule has 0 aliphatic carbocycles. The van der Waals surface area contributed by atoms with Gasteiger partial charge in [0.1, 0.15) is 10.7 Å². The van der Waals surface area contributed by atoms with Gasteiger partial charge in [0.15, 0.2) is 0 Å². The summed E-state index contributed by atoms with van der Waals surface area (Å²) in [5.41, 5.74) is 5.99. The zero-order chi connectivity index (χ0) is 11.3. The van der Waals surface area contributed by atoms with Crippen LogP contribution in [0, 0.1) is 5.92 Å². The Morgan fingerprint density at radius 1 is 1.60 bits per heavy atom. The van der Waals surface area contributed by atoms with Crippen molar-refractivity contribution in [3.8, 4) is 6.01 Å². The average Bonchev–Trinajstić information content (AvgIpc) is 2.17. The Morgan fingerprint density at radius 3 is 2.93 bits per heavy atom. The quantitative estimate of drug-likeness (QED) is 0.770. The lowest BCUT2D eigenvalue weighted by Crippen LogP contribution is -2.13. The fourth-order valence-corrected chi connectivity index (χ4v) is 1.05. The second-order valence-corrected chi connectivity index (χ2v) is 4.06. The van der Waals surface area contributed by atoms with Gasteiger partial charge in [-0.2, -0.15) is 4.98 Å². The molecule has 0 spiro atoms. The van der Waals surface area contributed by atoms with Crippen molar-refractivity contribution in [2.75, 3.05) is 6.61 Å². The lowest BCUT2D eigenvalue weighted by molar-refractivity contribution is 0.268. The summed E-state index contributed by atoms with van der Waals surface area (Å²) in [6.07, 6.45) is 2.56. The van der Waals surface area contributed by atoms with Crippen molar-refractivity contribution in [3.05, 3.63) is 18.0 Å². The van der Waals surface area contributed by atoms with E-state index in [2.05, 4.69) is 23.8 Å². The van der Waals surface area contributed by atoms with E-state index in [1.807, 2.05) is 0 Å². The summed E-state index contributed by atoms with van der Waals surface area (Å²) in [7, 11) is 0. The van der Waals surface area contributed by atoms with Gasteiger partial charge in [-0.15, -0.1) is 0 Å². The molecule has 0 saturated carbocycles. The van der Waals surface area contributed by atoms with Gasteiger partial charge in [-0.05, 0) is 18.4 Å². The van der Waals surface area contributed by atoms with Crippen molar-refractivity contribution < 1.29 is 4.74 Å². The largest absolute Gasteiger partial charge is 0.463 e. The highest BCUT2D eigenvalue weighted by molar-refractivity contribution is 7.80. The highest BCUT2D eigenvalue weighted by Crippen LogP contribution is 2.05. The van der Waals surface area contributed by atoms with Crippen molar-refractivity contribution in [3.63, 3.8) is 0 Å². The fraction of sp³-hybridized carbons (Fsp3) is 0.500. The minimum Gasteiger partial charge on any atom is -0.463 e. The Kier molecular flexibility index (Phi) is 4.42. The van der Waals surface area contributed by atoms with Crippen molar-refractivity contribution in [1.29, 1.82) is 0 Å². The molecule has 1 aromatic heterocycles. The minimum absolute atomic E-state index is 0.256. The highest BCUT2D eigenvalue weighted by Gasteiger charge is 2.02. The fourth-order valence-electron chi connectivity index (χ4n) is 0.933. The Bertz CT molecular complexity index is 341. The van der Waals surface area contributed by atoms with E-state index in [1.54, 1.807) is 12.3 Å². The molecule has 0 radical (unpaired) electrons. The zero-order valence-corrected chi connectivity index (χ0v) is 9.75. The van der Waals surface area contributed by atoms with E-state index < -0.39 is 0 Å². The highest BCUT2D eigenvalue weighted by atomic mass is 32.1. The summed E-state index contributed by atoms with van der Waals surface area (Å²) in [5.74, 6) is 0.601. The predicted octanol–water partition coefficient (Wildman–Crippen LogP) is 1.54. The van der Waals surface area contributed by atoms with Crippen molar-refractivity contribution in [2.45, 2.75) is 20.3 Å². The molecule has 0 aliphatic rings. The minimum atomic E-state index is 0.256. The van der Waals surface area contributed by atoms with Crippen LogP contribution in [0.2, 0.25) is 0 Å². The summed E-state index contributed by atoms with van der Waals surface area (Å²) in [4.78, 5) is 8.30. The van der Waals surface area contributed by atoms with E-state index in [1.165, 1.54) is 0 Å². The van der Waals surface area contributed by atoms with Gasteiger partial charge in [-0.1, -0.05) is 26.1 Å².